The van der Waals surface area contributed by atoms with Crippen LogP contribution in [0.4, 0.5) is 80.3 Å². The first-order valence-corrected chi connectivity index (χ1v) is 9.33. The van der Waals surface area contributed by atoms with E-state index in [1.54, 1.807) is 5.32 Å². The number of aromatic nitrogens is 1. The molecule has 0 unspecified atom stereocenters. The van der Waals surface area contributed by atoms with Crippen molar-refractivity contribution in [2.45, 2.75) is 60.5 Å². The number of carbonyl (C=O) groups excluding carboxylic acids is 1. The standard InChI is InChI=1S/C17H12F17N3O/c18-10(19,2-1-3-37-9(38)7-4-8(35)6-36-5-7)11(20,21)12(22,23)13(24,25)14(26,27)15(28,29)16(30,31)17(32,33)34/h4-6H,1-3,35H2,(H,37,38). The van der Waals surface area contributed by atoms with Gasteiger partial charge in [-0.1, -0.05) is 0 Å². The minimum Gasteiger partial charge on any atom is -0.397 e. The lowest BCUT2D eigenvalue weighted by Crippen LogP contribution is -2.74. The summed E-state index contributed by atoms with van der Waals surface area (Å²) in [7, 11) is 0. The maximum absolute atomic E-state index is 13.8. The van der Waals surface area contributed by atoms with Gasteiger partial charge in [0.15, 0.2) is 0 Å². The molecule has 1 heterocycles. The van der Waals surface area contributed by atoms with Crippen molar-refractivity contribution in [1.82, 2.24) is 10.3 Å². The molecule has 1 rings (SSSR count). The molecule has 1 amide bonds. The summed E-state index contributed by atoms with van der Waals surface area (Å²) in [6.45, 7) is -1.10. The van der Waals surface area contributed by atoms with E-state index in [0.29, 0.717) is 0 Å². The number of carbonyl (C=O) groups is 1. The summed E-state index contributed by atoms with van der Waals surface area (Å²) in [5, 5.41) is 1.74. The Balaban J connectivity index is 3.19. The molecular weight excluding hydrogens is 585 g/mol. The molecule has 1 aromatic rings. The quantitative estimate of drug-likeness (QED) is 0.237. The molecule has 0 fully saturated rings. The Morgan fingerprint density at radius 3 is 1.53 bits per heavy atom. The zero-order valence-electron chi connectivity index (χ0n) is 17.7. The summed E-state index contributed by atoms with van der Waals surface area (Å²) in [5.41, 5.74) is 4.84. The zero-order valence-corrected chi connectivity index (χ0v) is 17.7. The number of alkyl halides is 17. The van der Waals surface area contributed by atoms with Crippen LogP contribution in [0.5, 0.6) is 0 Å². The second-order valence-electron chi connectivity index (χ2n) is 7.51. The van der Waals surface area contributed by atoms with Crippen LogP contribution in [0.2, 0.25) is 0 Å². The highest BCUT2D eigenvalue weighted by Crippen LogP contribution is 2.64. The second kappa shape index (κ2) is 9.76. The maximum atomic E-state index is 13.8. The molecule has 0 saturated carbocycles. The van der Waals surface area contributed by atoms with Gasteiger partial charge in [-0.2, -0.15) is 74.6 Å². The molecule has 1 aromatic heterocycles. The van der Waals surface area contributed by atoms with Crippen molar-refractivity contribution in [3.05, 3.63) is 24.0 Å². The summed E-state index contributed by atoms with van der Waals surface area (Å²) >= 11 is 0. The molecule has 4 nitrogen and oxygen atoms in total. The molecule has 0 aliphatic carbocycles. The smallest absolute Gasteiger partial charge is 0.397 e. The fraction of sp³-hybridized carbons (Fsp3) is 0.647. The Bertz CT molecular complexity index is 1010. The average molecular weight is 597 g/mol. The van der Waals surface area contributed by atoms with Crippen LogP contribution in [0.25, 0.3) is 0 Å². The first-order chi connectivity index (χ1) is 16.6. The molecule has 0 bridgehead atoms. The first-order valence-electron chi connectivity index (χ1n) is 9.33. The summed E-state index contributed by atoms with van der Waals surface area (Å²) in [6.07, 6.45) is -10.0. The van der Waals surface area contributed by atoms with Gasteiger partial charge in [0.05, 0.1) is 11.3 Å². The predicted molar refractivity (Wildman–Crippen MR) is 90.9 cm³/mol. The Hall–Kier alpha value is -2.77. The first kappa shape index (κ1) is 33.3. The predicted octanol–water partition coefficient (Wildman–Crippen LogP) is 6.18. The summed E-state index contributed by atoms with van der Waals surface area (Å²) < 4.78 is 224. The number of pyridine rings is 1. The third-order valence-corrected chi connectivity index (χ3v) is 4.76. The number of nitrogens with zero attached hydrogens (tertiary/aromatic N) is 1. The topological polar surface area (TPSA) is 68.0 Å². The molecule has 220 valence electrons. The number of nitrogens with one attached hydrogen (secondary N) is 1. The summed E-state index contributed by atoms with van der Waals surface area (Å²) in [4.78, 5) is 15.1. The van der Waals surface area contributed by atoms with Crippen LogP contribution in [-0.2, 0) is 0 Å². The molecule has 0 aliphatic heterocycles. The number of halogens is 17. The Kier molecular flexibility index (Phi) is 8.54. The van der Waals surface area contributed by atoms with Crippen LogP contribution in [-0.4, -0.2) is 65.1 Å². The van der Waals surface area contributed by atoms with Crippen LogP contribution in [0, 0.1) is 0 Å². The van der Waals surface area contributed by atoms with Crippen LogP contribution in [0.15, 0.2) is 18.5 Å². The molecular formula is C17H12F17N3O. The normalized spacial score (nSPS) is 15.0. The van der Waals surface area contributed by atoms with Crippen molar-refractivity contribution in [3.8, 4) is 0 Å². The minimum absolute atomic E-state index is 0.0950. The maximum Gasteiger partial charge on any atom is 0.460 e. The fourth-order valence-corrected chi connectivity index (χ4v) is 2.55. The number of amides is 1. The minimum atomic E-state index is -8.67. The van der Waals surface area contributed by atoms with E-state index in [2.05, 4.69) is 4.98 Å². The Morgan fingerprint density at radius 2 is 1.11 bits per heavy atom. The van der Waals surface area contributed by atoms with Crippen molar-refractivity contribution in [1.29, 1.82) is 0 Å². The van der Waals surface area contributed by atoms with E-state index < -0.39 is 72.9 Å². The van der Waals surface area contributed by atoms with Crippen LogP contribution in [0.1, 0.15) is 23.2 Å². The molecule has 21 heteroatoms. The van der Waals surface area contributed by atoms with Gasteiger partial charge < -0.3 is 11.1 Å². The molecule has 0 radical (unpaired) electrons. The fourth-order valence-electron chi connectivity index (χ4n) is 2.55. The van der Waals surface area contributed by atoms with E-state index in [9.17, 15) is 79.4 Å². The van der Waals surface area contributed by atoms with E-state index in [1.807, 2.05) is 0 Å². The van der Waals surface area contributed by atoms with Crippen molar-refractivity contribution in [2.24, 2.45) is 0 Å². The van der Waals surface area contributed by atoms with Gasteiger partial charge in [0.2, 0.25) is 0 Å². The van der Waals surface area contributed by atoms with Gasteiger partial charge in [0.25, 0.3) is 5.91 Å². The Labute approximate surface area is 199 Å². The lowest BCUT2D eigenvalue weighted by atomic mass is 9.88. The molecule has 3 N–H and O–H groups in total. The molecule has 0 spiro atoms. The van der Waals surface area contributed by atoms with Gasteiger partial charge in [0, 0.05) is 25.4 Å². The molecule has 0 aliphatic rings. The van der Waals surface area contributed by atoms with Gasteiger partial charge in [-0.25, -0.2) is 0 Å². The highest BCUT2D eigenvalue weighted by molar-refractivity contribution is 5.94. The van der Waals surface area contributed by atoms with E-state index in [4.69, 9.17) is 5.73 Å². The van der Waals surface area contributed by atoms with Crippen molar-refractivity contribution in [3.63, 3.8) is 0 Å². The van der Waals surface area contributed by atoms with Gasteiger partial charge in [-0.15, -0.1) is 0 Å². The van der Waals surface area contributed by atoms with Crippen LogP contribution < -0.4 is 11.1 Å². The highest BCUT2D eigenvalue weighted by Gasteiger charge is 2.95. The molecule has 0 atom stereocenters. The number of nitrogen functional groups attached to an aromatic ring is 1. The van der Waals surface area contributed by atoms with E-state index >= 15 is 0 Å². The third kappa shape index (κ3) is 5.10. The average Bonchev–Trinajstić information content (AvgIpc) is 2.74. The van der Waals surface area contributed by atoms with Crippen molar-refractivity contribution >= 4 is 11.6 Å². The lowest BCUT2D eigenvalue weighted by molar-refractivity contribution is -0.461. The van der Waals surface area contributed by atoms with Gasteiger partial charge in [-0.3, -0.25) is 9.78 Å². The van der Waals surface area contributed by atoms with Crippen molar-refractivity contribution < 1.29 is 79.4 Å². The van der Waals surface area contributed by atoms with Gasteiger partial charge in [0.1, 0.15) is 0 Å². The van der Waals surface area contributed by atoms with Crippen molar-refractivity contribution in [2.75, 3.05) is 12.3 Å². The lowest BCUT2D eigenvalue weighted by Gasteiger charge is -2.42. The van der Waals surface area contributed by atoms with E-state index in [1.165, 1.54) is 0 Å². The number of rotatable bonds is 11. The molecule has 38 heavy (non-hydrogen) atoms. The number of anilines is 1. The van der Waals surface area contributed by atoms with Crippen LogP contribution in [0.3, 0.4) is 0 Å². The monoisotopic (exact) mass is 597 g/mol. The number of hydrogen-bond donors (Lipinski definition) is 2. The van der Waals surface area contributed by atoms with E-state index in [0.717, 1.165) is 18.5 Å². The van der Waals surface area contributed by atoms with E-state index in [-0.39, 0.29) is 11.3 Å². The molecule has 0 saturated heterocycles. The van der Waals surface area contributed by atoms with Gasteiger partial charge >= 0.3 is 47.6 Å². The van der Waals surface area contributed by atoms with Crippen LogP contribution >= 0.6 is 0 Å². The largest absolute Gasteiger partial charge is 0.460 e. The summed E-state index contributed by atoms with van der Waals surface area (Å²) in [5.74, 6) is -57.8. The Morgan fingerprint density at radius 1 is 0.684 bits per heavy atom. The highest BCUT2D eigenvalue weighted by atomic mass is 19.4. The second-order valence-corrected chi connectivity index (χ2v) is 7.51. The third-order valence-electron chi connectivity index (χ3n) is 4.76. The zero-order chi connectivity index (χ0) is 30.4. The van der Waals surface area contributed by atoms with Gasteiger partial charge in [-0.05, 0) is 12.5 Å². The number of nitrogens with two attached hydrogens (primary N) is 1. The molecule has 0 aromatic carbocycles. The SMILES string of the molecule is Nc1cncc(C(=O)NCCCC(F)(F)C(F)(F)C(F)(F)C(F)(F)C(F)(F)C(F)(F)C(F)(F)C(F)(F)F)c1. The summed E-state index contributed by atoms with van der Waals surface area (Å²) in [6, 6.07) is 0.964. The number of hydrogen-bond acceptors (Lipinski definition) is 3.